The number of nitrogens with zero attached hydrogens (tertiary/aromatic N) is 3. The number of carbonyl (C=O) groups is 1. The number of benzene rings is 1. The highest BCUT2D eigenvalue weighted by atomic mass is 16.3. The number of amides is 1. The normalized spacial score (nSPS) is 15.0. The average molecular weight is 379 g/mol. The molecule has 0 saturated heterocycles. The Balaban J connectivity index is 1.60. The first-order valence-corrected chi connectivity index (χ1v) is 9.67. The third-order valence-electron chi connectivity index (χ3n) is 5.11. The summed E-state index contributed by atoms with van der Waals surface area (Å²) in [4.78, 5) is 21.1. The van der Waals surface area contributed by atoms with Gasteiger partial charge in [-0.2, -0.15) is 0 Å². The Labute approximate surface area is 163 Å². The number of aliphatic hydroxyl groups excluding tert-OH is 1. The smallest absolute Gasteiger partial charge is 0.251 e. The summed E-state index contributed by atoms with van der Waals surface area (Å²) < 4.78 is 1.96. The summed E-state index contributed by atoms with van der Waals surface area (Å²) in [7, 11) is 0. The van der Waals surface area contributed by atoms with E-state index in [0.29, 0.717) is 23.1 Å². The van der Waals surface area contributed by atoms with E-state index in [0.717, 1.165) is 24.1 Å². The van der Waals surface area contributed by atoms with Crippen LogP contribution in [0.1, 0.15) is 37.0 Å². The zero-order chi connectivity index (χ0) is 19.7. The van der Waals surface area contributed by atoms with Crippen molar-refractivity contribution >= 4 is 17.4 Å². The summed E-state index contributed by atoms with van der Waals surface area (Å²) in [6, 6.07) is 7.80. The van der Waals surface area contributed by atoms with Crippen LogP contribution in [0, 0.1) is 5.92 Å². The van der Waals surface area contributed by atoms with Crippen LogP contribution in [0.3, 0.4) is 0 Å². The molecule has 1 unspecified atom stereocenters. The van der Waals surface area contributed by atoms with E-state index in [1.54, 1.807) is 12.4 Å². The van der Waals surface area contributed by atoms with Crippen LogP contribution in [0.15, 0.2) is 42.9 Å². The molecule has 3 aromatic rings. The number of fused-ring (bicyclic) bond motifs is 1. The predicted octanol–water partition coefficient (Wildman–Crippen LogP) is 2.72. The van der Waals surface area contributed by atoms with Crippen molar-refractivity contribution in [3.05, 3.63) is 48.4 Å². The molecule has 3 N–H and O–H groups in total. The van der Waals surface area contributed by atoms with Crippen molar-refractivity contribution in [2.24, 2.45) is 5.92 Å². The van der Waals surface area contributed by atoms with Gasteiger partial charge in [0.25, 0.3) is 5.91 Å². The number of nitrogens with one attached hydrogen (secondary N) is 2. The van der Waals surface area contributed by atoms with E-state index in [2.05, 4.69) is 20.6 Å². The maximum absolute atomic E-state index is 12.2. The third-order valence-corrected chi connectivity index (χ3v) is 5.11. The first-order chi connectivity index (χ1) is 13.6. The Bertz CT molecular complexity index is 976. The summed E-state index contributed by atoms with van der Waals surface area (Å²) in [5, 5.41) is 15.9. The Morgan fingerprint density at radius 1 is 1.25 bits per heavy atom. The van der Waals surface area contributed by atoms with Gasteiger partial charge in [0.2, 0.25) is 0 Å². The van der Waals surface area contributed by atoms with Crippen LogP contribution in [0.4, 0.5) is 5.82 Å². The molecule has 1 amide bonds. The summed E-state index contributed by atoms with van der Waals surface area (Å²) in [6.45, 7) is 4.12. The third kappa shape index (κ3) is 3.71. The molecule has 1 atom stereocenters. The number of imidazole rings is 1. The number of anilines is 1. The van der Waals surface area contributed by atoms with Crippen LogP contribution in [-0.2, 0) is 0 Å². The molecule has 2 aromatic heterocycles. The van der Waals surface area contributed by atoms with Gasteiger partial charge in [-0.15, -0.1) is 0 Å². The fraction of sp³-hybridized carbons (Fsp3) is 0.381. The van der Waals surface area contributed by atoms with Gasteiger partial charge in [0, 0.05) is 29.6 Å². The Morgan fingerprint density at radius 2 is 2.00 bits per heavy atom. The van der Waals surface area contributed by atoms with E-state index in [1.807, 2.05) is 48.7 Å². The van der Waals surface area contributed by atoms with E-state index in [9.17, 15) is 9.90 Å². The molecular formula is C21H25N5O2. The molecule has 1 saturated carbocycles. The second-order valence-corrected chi connectivity index (χ2v) is 7.62. The van der Waals surface area contributed by atoms with Crippen LogP contribution in [0.5, 0.6) is 0 Å². The summed E-state index contributed by atoms with van der Waals surface area (Å²) >= 11 is 0. The van der Waals surface area contributed by atoms with Gasteiger partial charge in [0.1, 0.15) is 0 Å². The minimum Gasteiger partial charge on any atom is -0.394 e. The maximum Gasteiger partial charge on any atom is 0.251 e. The molecule has 0 bridgehead atoms. The minimum absolute atomic E-state index is 0.0217. The largest absolute Gasteiger partial charge is 0.394 e. The lowest BCUT2D eigenvalue weighted by Crippen LogP contribution is -2.30. The highest BCUT2D eigenvalue weighted by molar-refractivity contribution is 5.95. The van der Waals surface area contributed by atoms with Crippen molar-refractivity contribution in [3.63, 3.8) is 0 Å². The van der Waals surface area contributed by atoms with Gasteiger partial charge in [-0.25, -0.2) is 9.97 Å². The van der Waals surface area contributed by atoms with Gasteiger partial charge < -0.3 is 15.7 Å². The van der Waals surface area contributed by atoms with Gasteiger partial charge in [-0.05, 0) is 30.9 Å². The summed E-state index contributed by atoms with van der Waals surface area (Å²) in [5.74, 6) is 0.879. The van der Waals surface area contributed by atoms with Crippen LogP contribution < -0.4 is 10.6 Å². The Hall–Kier alpha value is -2.93. The maximum atomic E-state index is 12.2. The number of aromatic nitrogens is 3. The number of carbonyl (C=O) groups excluding carboxylic acids is 1. The molecule has 7 heteroatoms. The second-order valence-electron chi connectivity index (χ2n) is 7.62. The van der Waals surface area contributed by atoms with Gasteiger partial charge in [-0.1, -0.05) is 26.0 Å². The fourth-order valence-electron chi connectivity index (χ4n) is 3.12. The second kappa shape index (κ2) is 7.59. The summed E-state index contributed by atoms with van der Waals surface area (Å²) in [6.07, 6.45) is 7.52. The molecule has 146 valence electrons. The van der Waals surface area contributed by atoms with Gasteiger partial charge in [-0.3, -0.25) is 9.20 Å². The molecule has 0 spiro atoms. The summed E-state index contributed by atoms with van der Waals surface area (Å²) in [5.41, 5.74) is 3.25. The highest BCUT2D eigenvalue weighted by Gasteiger charge is 2.23. The van der Waals surface area contributed by atoms with Crippen molar-refractivity contribution in [1.82, 2.24) is 19.7 Å². The standard InChI is InChI=1S/C21H25N5O2/c1-13(2)17(12-27)25-19-20-23-11-18(26(20)10-9-22-19)14-3-5-15(6-4-14)21(28)24-16-7-8-16/h3-6,9-11,13,16-17,27H,7-8,12H2,1-2H3,(H,22,25)(H,24,28). The lowest BCUT2D eigenvalue weighted by molar-refractivity contribution is 0.0951. The van der Waals surface area contributed by atoms with Crippen molar-refractivity contribution < 1.29 is 9.90 Å². The van der Waals surface area contributed by atoms with Crippen molar-refractivity contribution in [2.75, 3.05) is 11.9 Å². The lowest BCUT2D eigenvalue weighted by Gasteiger charge is -2.20. The molecule has 7 nitrogen and oxygen atoms in total. The van der Waals surface area contributed by atoms with Crippen molar-refractivity contribution in [2.45, 2.75) is 38.8 Å². The average Bonchev–Trinajstić information content (AvgIpc) is 3.40. The molecule has 4 rings (SSSR count). The monoisotopic (exact) mass is 379 g/mol. The Kier molecular flexibility index (Phi) is 5.00. The van der Waals surface area contributed by atoms with E-state index in [4.69, 9.17) is 0 Å². The lowest BCUT2D eigenvalue weighted by atomic mass is 10.1. The number of hydrogen-bond acceptors (Lipinski definition) is 5. The van der Waals surface area contributed by atoms with Gasteiger partial charge >= 0.3 is 0 Å². The predicted molar refractivity (Wildman–Crippen MR) is 108 cm³/mol. The van der Waals surface area contributed by atoms with Crippen LogP contribution >= 0.6 is 0 Å². The van der Waals surface area contributed by atoms with Crippen LogP contribution in [0.25, 0.3) is 16.9 Å². The van der Waals surface area contributed by atoms with Gasteiger partial charge in [0.15, 0.2) is 11.5 Å². The number of aliphatic hydroxyl groups is 1. The zero-order valence-electron chi connectivity index (χ0n) is 16.1. The molecule has 2 heterocycles. The van der Waals surface area contributed by atoms with Crippen molar-refractivity contribution in [1.29, 1.82) is 0 Å². The van der Waals surface area contributed by atoms with E-state index in [-0.39, 0.29) is 24.5 Å². The number of hydrogen-bond donors (Lipinski definition) is 3. The molecule has 28 heavy (non-hydrogen) atoms. The molecule has 1 fully saturated rings. The molecule has 1 aliphatic rings. The van der Waals surface area contributed by atoms with Crippen molar-refractivity contribution in [3.8, 4) is 11.3 Å². The van der Waals surface area contributed by atoms with E-state index >= 15 is 0 Å². The topological polar surface area (TPSA) is 91.5 Å². The zero-order valence-corrected chi connectivity index (χ0v) is 16.1. The number of rotatable bonds is 7. The Morgan fingerprint density at radius 3 is 2.64 bits per heavy atom. The van der Waals surface area contributed by atoms with Gasteiger partial charge in [0.05, 0.1) is 24.5 Å². The molecule has 1 aromatic carbocycles. The van der Waals surface area contributed by atoms with E-state index < -0.39 is 0 Å². The van der Waals surface area contributed by atoms with E-state index in [1.165, 1.54) is 0 Å². The highest BCUT2D eigenvalue weighted by Crippen LogP contribution is 2.25. The molecule has 0 aliphatic heterocycles. The first-order valence-electron chi connectivity index (χ1n) is 9.67. The minimum atomic E-state index is -0.0943. The fourth-order valence-corrected chi connectivity index (χ4v) is 3.12. The first kappa shape index (κ1) is 18.4. The molecular weight excluding hydrogens is 354 g/mol. The van der Waals surface area contributed by atoms with Crippen LogP contribution in [0.2, 0.25) is 0 Å². The molecule has 0 radical (unpaired) electrons. The van der Waals surface area contributed by atoms with Crippen LogP contribution in [-0.4, -0.2) is 44.1 Å². The molecule has 1 aliphatic carbocycles. The SMILES string of the molecule is CC(C)C(CO)Nc1nccn2c(-c3ccc(C(=O)NC4CC4)cc3)cnc12. The quantitative estimate of drug-likeness (QED) is 0.587.